The van der Waals surface area contributed by atoms with Crippen molar-refractivity contribution in [3.8, 4) is 0 Å². The average molecular weight is 468 g/mol. The number of hydrogen-bond donors (Lipinski definition) is 3. The molecule has 0 bridgehead atoms. The molecule has 0 unspecified atom stereocenters. The molecule has 178 valence electrons. The highest BCUT2D eigenvalue weighted by molar-refractivity contribution is 5.89. The van der Waals surface area contributed by atoms with E-state index < -0.39 is 48.4 Å². The second-order valence-electron chi connectivity index (χ2n) is 6.92. The van der Waals surface area contributed by atoms with Crippen LogP contribution in [-0.2, 0) is 38.3 Å². The molecule has 2 amide bonds. The number of methoxy groups -OCH3 is 1. The molecular weight excluding hydrogens is 445 g/mol. The van der Waals surface area contributed by atoms with Crippen molar-refractivity contribution in [2.24, 2.45) is 0 Å². The van der Waals surface area contributed by atoms with E-state index in [1.807, 2.05) is 0 Å². The third-order valence-electron chi connectivity index (χ3n) is 4.53. The lowest BCUT2D eigenvalue weighted by atomic mass is 10.0. The summed E-state index contributed by atoms with van der Waals surface area (Å²) in [5.74, 6) is -1.76. The molecule has 2 rings (SSSR count). The predicted octanol–water partition coefficient (Wildman–Crippen LogP) is 2.19. The number of alkyl halides is 3. The monoisotopic (exact) mass is 468 g/mol. The van der Waals surface area contributed by atoms with Gasteiger partial charge in [0, 0.05) is 6.42 Å². The van der Waals surface area contributed by atoms with E-state index in [4.69, 9.17) is 4.74 Å². The molecule has 2 aromatic carbocycles. The quantitative estimate of drug-likeness (QED) is 0.487. The number of carbonyl (C=O) groups excluding carboxylic acids is 3. The molecule has 0 radical (unpaired) electrons. The maximum atomic E-state index is 12.7. The van der Waals surface area contributed by atoms with Crippen LogP contribution in [0.3, 0.4) is 0 Å². The van der Waals surface area contributed by atoms with Crippen LogP contribution in [0.15, 0.2) is 54.6 Å². The first kappa shape index (κ1) is 25.7. The van der Waals surface area contributed by atoms with Crippen LogP contribution >= 0.6 is 0 Å². The van der Waals surface area contributed by atoms with Crippen molar-refractivity contribution in [3.05, 3.63) is 71.3 Å². The van der Waals surface area contributed by atoms with E-state index >= 15 is 0 Å². The summed E-state index contributed by atoms with van der Waals surface area (Å²) in [6, 6.07) is 10.1. The van der Waals surface area contributed by atoms with Gasteiger partial charge in [-0.15, -0.1) is 0 Å². The molecule has 0 saturated carbocycles. The van der Waals surface area contributed by atoms with Crippen molar-refractivity contribution in [2.45, 2.75) is 31.3 Å². The van der Waals surface area contributed by atoms with Crippen molar-refractivity contribution < 1.29 is 42.1 Å². The number of alkyl carbamates (subject to hydrolysis) is 1. The largest absolute Gasteiger partial charge is 0.467 e. The smallest absolute Gasteiger partial charge is 0.416 e. The first-order chi connectivity index (χ1) is 15.6. The molecule has 0 aliphatic rings. The fourth-order valence-electron chi connectivity index (χ4n) is 2.77. The SMILES string of the molecule is COC(=O)[C@H](Cc1ccc(C(F)(F)F)cc1)NC(=O)[C@H](CO)NC(=O)OCc1ccccc1. The lowest BCUT2D eigenvalue weighted by molar-refractivity contribution is -0.145. The topological polar surface area (TPSA) is 114 Å². The number of rotatable bonds is 9. The highest BCUT2D eigenvalue weighted by Crippen LogP contribution is 2.29. The number of aliphatic hydroxyl groups is 1. The Labute approximate surface area is 187 Å². The minimum Gasteiger partial charge on any atom is -0.467 e. The van der Waals surface area contributed by atoms with Crippen molar-refractivity contribution in [3.63, 3.8) is 0 Å². The summed E-state index contributed by atoms with van der Waals surface area (Å²) in [5.41, 5.74) is 0.179. The number of amides is 2. The molecule has 0 aliphatic heterocycles. The summed E-state index contributed by atoms with van der Waals surface area (Å²) >= 11 is 0. The Morgan fingerprint density at radius 2 is 1.58 bits per heavy atom. The maximum absolute atomic E-state index is 12.7. The Kier molecular flexibility index (Phi) is 9.22. The van der Waals surface area contributed by atoms with Crippen LogP contribution in [0.25, 0.3) is 0 Å². The van der Waals surface area contributed by atoms with Gasteiger partial charge >= 0.3 is 18.2 Å². The van der Waals surface area contributed by atoms with E-state index in [0.717, 1.165) is 19.2 Å². The van der Waals surface area contributed by atoms with Gasteiger partial charge in [-0.25, -0.2) is 9.59 Å². The standard InChI is InChI=1S/C22H23F3N2O6/c1-32-20(30)17(11-14-7-9-16(10-8-14)22(23,24)25)26-19(29)18(12-28)27-21(31)33-13-15-5-3-2-4-6-15/h2-10,17-18,28H,11-13H2,1H3,(H,26,29)(H,27,31)/t17-,18-/m0/s1. The van der Waals surface area contributed by atoms with Crippen LogP contribution in [0, 0.1) is 0 Å². The lowest BCUT2D eigenvalue weighted by Crippen LogP contribution is -2.54. The lowest BCUT2D eigenvalue weighted by Gasteiger charge is -2.21. The molecule has 33 heavy (non-hydrogen) atoms. The molecule has 2 atom stereocenters. The Balaban J connectivity index is 1.98. The predicted molar refractivity (Wildman–Crippen MR) is 110 cm³/mol. The van der Waals surface area contributed by atoms with Crippen molar-refractivity contribution in [1.82, 2.24) is 10.6 Å². The van der Waals surface area contributed by atoms with Gasteiger partial charge in [0.05, 0.1) is 19.3 Å². The molecule has 8 nitrogen and oxygen atoms in total. The van der Waals surface area contributed by atoms with Crippen LogP contribution in [-0.4, -0.2) is 48.9 Å². The van der Waals surface area contributed by atoms with Gasteiger partial charge in [0.25, 0.3) is 0 Å². The minimum absolute atomic E-state index is 0.0643. The van der Waals surface area contributed by atoms with Gasteiger partial charge in [-0.2, -0.15) is 13.2 Å². The number of halogens is 3. The first-order valence-electron chi connectivity index (χ1n) is 9.76. The van der Waals surface area contributed by atoms with Gasteiger partial charge in [0.1, 0.15) is 18.7 Å². The molecule has 0 aliphatic carbocycles. The van der Waals surface area contributed by atoms with Crippen LogP contribution in [0.4, 0.5) is 18.0 Å². The molecular formula is C22H23F3N2O6. The fourth-order valence-corrected chi connectivity index (χ4v) is 2.77. The Hall–Kier alpha value is -3.60. The zero-order chi connectivity index (χ0) is 24.4. The average Bonchev–Trinajstić information content (AvgIpc) is 2.80. The van der Waals surface area contributed by atoms with Crippen LogP contribution in [0.2, 0.25) is 0 Å². The number of carbonyl (C=O) groups is 3. The third kappa shape index (κ3) is 8.11. The summed E-state index contributed by atoms with van der Waals surface area (Å²) in [7, 11) is 1.08. The van der Waals surface area contributed by atoms with E-state index in [1.54, 1.807) is 30.3 Å². The maximum Gasteiger partial charge on any atom is 0.416 e. The molecule has 0 heterocycles. The van der Waals surface area contributed by atoms with E-state index in [1.165, 1.54) is 12.1 Å². The van der Waals surface area contributed by atoms with Gasteiger partial charge in [-0.3, -0.25) is 4.79 Å². The zero-order valence-electron chi connectivity index (χ0n) is 17.6. The number of nitrogens with one attached hydrogen (secondary N) is 2. The second kappa shape index (κ2) is 11.9. The van der Waals surface area contributed by atoms with Crippen molar-refractivity contribution in [2.75, 3.05) is 13.7 Å². The summed E-state index contributed by atoms with van der Waals surface area (Å²) < 4.78 is 47.8. The molecule has 3 N–H and O–H groups in total. The normalized spacial score (nSPS) is 12.9. The van der Waals surface area contributed by atoms with Gasteiger partial charge in [-0.05, 0) is 23.3 Å². The molecule has 0 spiro atoms. The third-order valence-corrected chi connectivity index (χ3v) is 4.53. The Morgan fingerprint density at radius 1 is 0.939 bits per heavy atom. The number of hydrogen-bond acceptors (Lipinski definition) is 6. The van der Waals surface area contributed by atoms with Gasteiger partial charge in [0.15, 0.2) is 0 Å². The number of benzene rings is 2. The number of esters is 1. The van der Waals surface area contributed by atoms with Crippen molar-refractivity contribution in [1.29, 1.82) is 0 Å². The van der Waals surface area contributed by atoms with Gasteiger partial charge < -0.3 is 25.2 Å². The molecule has 0 aromatic heterocycles. The van der Waals surface area contributed by atoms with Crippen LogP contribution < -0.4 is 10.6 Å². The number of aliphatic hydroxyl groups excluding tert-OH is 1. The fraction of sp³-hybridized carbons (Fsp3) is 0.318. The van der Waals surface area contributed by atoms with Crippen LogP contribution in [0.1, 0.15) is 16.7 Å². The van der Waals surface area contributed by atoms with E-state index in [0.29, 0.717) is 11.1 Å². The highest BCUT2D eigenvalue weighted by atomic mass is 19.4. The summed E-state index contributed by atoms with van der Waals surface area (Å²) in [6.45, 7) is -0.856. The molecule has 11 heteroatoms. The van der Waals surface area contributed by atoms with E-state index in [9.17, 15) is 32.7 Å². The summed E-state index contributed by atoms with van der Waals surface area (Å²) in [4.78, 5) is 36.5. The number of ether oxygens (including phenoxy) is 2. The van der Waals surface area contributed by atoms with E-state index in [2.05, 4.69) is 15.4 Å². The summed E-state index contributed by atoms with van der Waals surface area (Å²) in [5, 5.41) is 14.0. The summed E-state index contributed by atoms with van der Waals surface area (Å²) in [6.07, 6.45) is -5.65. The Bertz CT molecular complexity index is 935. The van der Waals surface area contributed by atoms with Crippen LogP contribution in [0.5, 0.6) is 0 Å². The first-order valence-corrected chi connectivity index (χ1v) is 9.76. The Morgan fingerprint density at radius 3 is 2.12 bits per heavy atom. The molecule has 0 saturated heterocycles. The van der Waals surface area contributed by atoms with Gasteiger partial charge in [0.2, 0.25) is 5.91 Å². The zero-order valence-corrected chi connectivity index (χ0v) is 17.6. The highest BCUT2D eigenvalue weighted by Gasteiger charge is 2.31. The van der Waals surface area contributed by atoms with Crippen molar-refractivity contribution >= 4 is 18.0 Å². The van der Waals surface area contributed by atoms with Gasteiger partial charge in [-0.1, -0.05) is 42.5 Å². The molecule has 2 aromatic rings. The minimum atomic E-state index is -4.51. The van der Waals surface area contributed by atoms with E-state index in [-0.39, 0.29) is 13.0 Å². The molecule has 0 fully saturated rings. The second-order valence-corrected chi connectivity index (χ2v) is 6.92.